The second-order valence-electron chi connectivity index (χ2n) is 5.58. The summed E-state index contributed by atoms with van der Waals surface area (Å²) in [5.41, 5.74) is 1.95. The molecule has 1 N–H and O–H groups in total. The lowest BCUT2D eigenvalue weighted by Gasteiger charge is -2.14. The molecule has 2 rings (SSSR count). The summed E-state index contributed by atoms with van der Waals surface area (Å²) >= 11 is 0. The maximum Gasteiger partial charge on any atom is 0.314 e. The smallest absolute Gasteiger partial charge is 0.314 e. The molecule has 0 radical (unpaired) electrons. The number of aromatic hydroxyl groups is 1. The summed E-state index contributed by atoms with van der Waals surface area (Å²) < 4.78 is 18.0. The van der Waals surface area contributed by atoms with Crippen LogP contribution >= 0.6 is 0 Å². The molecule has 25 heavy (non-hydrogen) atoms. The van der Waals surface area contributed by atoms with E-state index in [0.29, 0.717) is 17.7 Å². The molecule has 0 bridgehead atoms. The maximum atomic E-state index is 13.1. The number of halogens is 1. The molecular weight excluding hydrogens is 325 g/mol. The van der Waals surface area contributed by atoms with Gasteiger partial charge in [0.15, 0.2) is 0 Å². The number of phenolic OH excluding ortho intramolecular Hbond substituents is 1. The number of hydrogen-bond donors (Lipinski definition) is 1. The largest absolute Gasteiger partial charge is 0.508 e. The van der Waals surface area contributed by atoms with E-state index in [1.54, 1.807) is 43.3 Å². The number of methoxy groups -OCH3 is 1. The van der Waals surface area contributed by atoms with Crippen LogP contribution in [0.25, 0.3) is 0 Å². The molecule has 6 heteroatoms. The number of carbonyl (C=O) groups is 1. The Balaban J connectivity index is 2.05. The van der Waals surface area contributed by atoms with Crippen LogP contribution in [0.1, 0.15) is 18.1 Å². The van der Waals surface area contributed by atoms with Crippen LogP contribution in [-0.4, -0.2) is 23.9 Å². The fourth-order valence-electron chi connectivity index (χ4n) is 2.31. The Kier molecular flexibility index (Phi) is 6.51. The lowest BCUT2D eigenvalue weighted by atomic mass is 9.95. The molecule has 0 saturated carbocycles. The molecule has 2 aromatic rings. The standard InChI is InChI=1S/C19H20FNO4/c1-13(21-25-12-15-4-3-5-16(20)10-15)18(19(23)24-2)11-14-6-8-17(22)9-7-14/h3-10,18,22H,11-12H2,1-2H3. The van der Waals surface area contributed by atoms with Gasteiger partial charge in [-0.1, -0.05) is 29.4 Å². The number of nitrogens with zero attached hydrogens (tertiary/aromatic N) is 1. The van der Waals surface area contributed by atoms with Gasteiger partial charge in [0.2, 0.25) is 0 Å². The summed E-state index contributed by atoms with van der Waals surface area (Å²) in [6.45, 7) is 1.77. The average Bonchev–Trinajstić information content (AvgIpc) is 2.60. The molecule has 1 unspecified atom stereocenters. The third-order valence-corrected chi connectivity index (χ3v) is 3.69. The van der Waals surface area contributed by atoms with Gasteiger partial charge in [-0.2, -0.15) is 0 Å². The molecule has 0 heterocycles. The molecule has 0 aromatic heterocycles. The minimum atomic E-state index is -0.609. The van der Waals surface area contributed by atoms with Gasteiger partial charge < -0.3 is 14.7 Å². The van der Waals surface area contributed by atoms with Crippen molar-refractivity contribution in [2.45, 2.75) is 20.0 Å². The van der Waals surface area contributed by atoms with Gasteiger partial charge >= 0.3 is 5.97 Å². The van der Waals surface area contributed by atoms with E-state index in [2.05, 4.69) is 5.16 Å². The average molecular weight is 345 g/mol. The predicted molar refractivity (Wildman–Crippen MR) is 91.6 cm³/mol. The van der Waals surface area contributed by atoms with E-state index in [0.717, 1.165) is 5.56 Å². The molecule has 5 nitrogen and oxygen atoms in total. The Morgan fingerprint density at radius 2 is 1.92 bits per heavy atom. The fourth-order valence-corrected chi connectivity index (χ4v) is 2.31. The van der Waals surface area contributed by atoms with Gasteiger partial charge in [0.05, 0.1) is 12.8 Å². The number of benzene rings is 2. The van der Waals surface area contributed by atoms with Crippen molar-refractivity contribution in [1.29, 1.82) is 0 Å². The van der Waals surface area contributed by atoms with Gasteiger partial charge in [-0.3, -0.25) is 4.79 Å². The van der Waals surface area contributed by atoms with E-state index < -0.39 is 11.9 Å². The summed E-state index contributed by atoms with van der Waals surface area (Å²) in [7, 11) is 1.31. The van der Waals surface area contributed by atoms with Crippen molar-refractivity contribution < 1.29 is 23.9 Å². The second kappa shape index (κ2) is 8.82. The summed E-state index contributed by atoms with van der Waals surface area (Å²) in [6, 6.07) is 12.6. The van der Waals surface area contributed by atoms with E-state index in [-0.39, 0.29) is 18.2 Å². The first kappa shape index (κ1) is 18.4. The molecule has 0 aliphatic rings. The number of carbonyl (C=O) groups excluding carboxylic acids is 1. The van der Waals surface area contributed by atoms with Crippen molar-refractivity contribution in [3.8, 4) is 5.75 Å². The van der Waals surface area contributed by atoms with E-state index in [4.69, 9.17) is 9.57 Å². The van der Waals surface area contributed by atoms with Crippen molar-refractivity contribution in [3.05, 3.63) is 65.5 Å². The van der Waals surface area contributed by atoms with E-state index in [1.807, 2.05) is 0 Å². The minimum Gasteiger partial charge on any atom is -0.508 e. The van der Waals surface area contributed by atoms with Gasteiger partial charge in [-0.25, -0.2) is 4.39 Å². The highest BCUT2D eigenvalue weighted by molar-refractivity contribution is 6.00. The van der Waals surface area contributed by atoms with E-state index in [1.165, 1.54) is 19.2 Å². The quantitative estimate of drug-likeness (QED) is 0.474. The third-order valence-electron chi connectivity index (χ3n) is 3.69. The Morgan fingerprint density at radius 1 is 1.20 bits per heavy atom. The summed E-state index contributed by atoms with van der Waals surface area (Å²) in [4.78, 5) is 17.3. The molecule has 0 amide bonds. The van der Waals surface area contributed by atoms with Crippen LogP contribution in [-0.2, 0) is 27.4 Å². The summed E-state index contributed by atoms with van der Waals surface area (Å²) in [6.07, 6.45) is 0.367. The number of phenols is 1. The lowest BCUT2D eigenvalue weighted by Crippen LogP contribution is -2.26. The topological polar surface area (TPSA) is 68.1 Å². The van der Waals surface area contributed by atoms with Crippen molar-refractivity contribution in [1.82, 2.24) is 0 Å². The number of ether oxygens (including phenoxy) is 1. The zero-order valence-corrected chi connectivity index (χ0v) is 14.1. The number of esters is 1. The predicted octanol–water partition coefficient (Wildman–Crippen LogP) is 3.46. The van der Waals surface area contributed by atoms with Crippen LogP contribution in [0.4, 0.5) is 4.39 Å². The summed E-state index contributed by atoms with van der Waals surface area (Å²) in [5, 5.41) is 13.3. The number of oxime groups is 1. The van der Waals surface area contributed by atoms with Crippen molar-refractivity contribution >= 4 is 11.7 Å². The number of hydrogen-bond acceptors (Lipinski definition) is 5. The molecule has 132 valence electrons. The fraction of sp³-hybridized carbons (Fsp3) is 0.263. The Morgan fingerprint density at radius 3 is 2.56 bits per heavy atom. The second-order valence-corrected chi connectivity index (χ2v) is 5.58. The van der Waals surface area contributed by atoms with Crippen molar-refractivity contribution in [3.63, 3.8) is 0 Å². The first-order valence-electron chi connectivity index (χ1n) is 7.76. The first-order chi connectivity index (χ1) is 12.0. The highest BCUT2D eigenvalue weighted by Crippen LogP contribution is 2.16. The van der Waals surface area contributed by atoms with Crippen LogP contribution in [0.3, 0.4) is 0 Å². The Hall–Kier alpha value is -2.89. The maximum absolute atomic E-state index is 13.1. The monoisotopic (exact) mass is 345 g/mol. The van der Waals surface area contributed by atoms with Crippen LogP contribution in [0.5, 0.6) is 5.75 Å². The molecule has 0 aliphatic carbocycles. The van der Waals surface area contributed by atoms with Crippen LogP contribution in [0.15, 0.2) is 53.7 Å². The first-order valence-corrected chi connectivity index (χ1v) is 7.76. The van der Waals surface area contributed by atoms with Gasteiger partial charge in [0.25, 0.3) is 0 Å². The van der Waals surface area contributed by atoms with Gasteiger partial charge in [-0.15, -0.1) is 0 Å². The minimum absolute atomic E-state index is 0.0994. The highest BCUT2D eigenvalue weighted by Gasteiger charge is 2.23. The molecular formula is C19H20FNO4. The molecule has 2 aromatic carbocycles. The van der Waals surface area contributed by atoms with Crippen LogP contribution < -0.4 is 0 Å². The summed E-state index contributed by atoms with van der Waals surface area (Å²) in [5.74, 6) is -1.23. The van der Waals surface area contributed by atoms with Gasteiger partial charge in [-0.05, 0) is 48.7 Å². The van der Waals surface area contributed by atoms with E-state index >= 15 is 0 Å². The lowest BCUT2D eigenvalue weighted by molar-refractivity contribution is -0.143. The van der Waals surface area contributed by atoms with Crippen LogP contribution in [0, 0.1) is 11.7 Å². The molecule has 0 spiro atoms. The normalized spacial score (nSPS) is 12.5. The number of rotatable bonds is 7. The highest BCUT2D eigenvalue weighted by atomic mass is 19.1. The van der Waals surface area contributed by atoms with Crippen molar-refractivity contribution in [2.75, 3.05) is 7.11 Å². The Bertz CT molecular complexity index is 743. The van der Waals surface area contributed by atoms with Gasteiger partial charge in [0, 0.05) is 0 Å². The zero-order chi connectivity index (χ0) is 18.2. The molecule has 1 atom stereocenters. The Labute approximate surface area is 145 Å². The van der Waals surface area contributed by atoms with E-state index in [9.17, 15) is 14.3 Å². The third kappa shape index (κ3) is 5.60. The van der Waals surface area contributed by atoms with Crippen LogP contribution in [0.2, 0.25) is 0 Å². The molecule has 0 aliphatic heterocycles. The van der Waals surface area contributed by atoms with Gasteiger partial charge in [0.1, 0.15) is 24.1 Å². The SMILES string of the molecule is COC(=O)C(Cc1ccc(O)cc1)C(C)=NOCc1cccc(F)c1. The molecule has 0 fully saturated rings. The zero-order valence-electron chi connectivity index (χ0n) is 14.1. The van der Waals surface area contributed by atoms with Crippen molar-refractivity contribution in [2.24, 2.45) is 11.1 Å². The molecule has 0 saturated heterocycles.